The second-order valence-corrected chi connectivity index (χ2v) is 9.53. The number of fused-ring (bicyclic) bond motifs is 1. The van der Waals surface area contributed by atoms with E-state index < -0.39 is 6.04 Å². The predicted octanol–water partition coefficient (Wildman–Crippen LogP) is 3.43. The van der Waals surface area contributed by atoms with Crippen molar-refractivity contribution in [2.45, 2.75) is 33.7 Å². The summed E-state index contributed by atoms with van der Waals surface area (Å²) in [5.41, 5.74) is 3.57. The zero-order valence-electron chi connectivity index (χ0n) is 21.5. The highest BCUT2D eigenvalue weighted by Gasteiger charge is 2.35. The van der Waals surface area contributed by atoms with Crippen molar-refractivity contribution in [1.82, 2.24) is 9.47 Å². The molecule has 0 radical (unpaired) electrons. The Balaban J connectivity index is 1.98. The van der Waals surface area contributed by atoms with Gasteiger partial charge in [-0.3, -0.25) is 14.2 Å². The number of carbonyl (C=O) groups is 1. The fourth-order valence-electron chi connectivity index (χ4n) is 4.54. The molecular weight excluding hydrogens is 474 g/mol. The van der Waals surface area contributed by atoms with Crippen molar-refractivity contribution in [3.8, 4) is 11.5 Å². The maximum absolute atomic E-state index is 13.9. The smallest absolute Gasteiger partial charge is 0.271 e. The molecule has 0 unspecified atom stereocenters. The Labute approximate surface area is 214 Å². The van der Waals surface area contributed by atoms with Gasteiger partial charge in [-0.15, -0.1) is 0 Å². The Morgan fingerprint density at radius 2 is 1.83 bits per heavy atom. The van der Waals surface area contributed by atoms with E-state index >= 15 is 0 Å². The third-order valence-electron chi connectivity index (χ3n) is 6.50. The van der Waals surface area contributed by atoms with Crippen molar-refractivity contribution in [3.05, 3.63) is 90.1 Å². The van der Waals surface area contributed by atoms with E-state index in [1.807, 2.05) is 76.2 Å². The highest BCUT2D eigenvalue weighted by atomic mass is 32.1. The van der Waals surface area contributed by atoms with Crippen LogP contribution < -0.4 is 24.4 Å². The van der Waals surface area contributed by atoms with Crippen molar-refractivity contribution in [3.63, 3.8) is 0 Å². The van der Waals surface area contributed by atoms with E-state index in [0.717, 1.165) is 22.4 Å². The number of methoxy groups -OCH3 is 2. The third-order valence-corrected chi connectivity index (χ3v) is 7.48. The average molecular weight is 506 g/mol. The Hall–Kier alpha value is -3.65. The molecule has 4 rings (SSSR count). The van der Waals surface area contributed by atoms with Crippen molar-refractivity contribution in [1.29, 1.82) is 0 Å². The maximum Gasteiger partial charge on any atom is 0.271 e. The number of allylic oxidation sites excluding steroid dienone is 1. The van der Waals surface area contributed by atoms with Gasteiger partial charge in [0.25, 0.3) is 11.5 Å². The zero-order chi connectivity index (χ0) is 26.0. The molecule has 0 saturated heterocycles. The second kappa shape index (κ2) is 10.5. The molecule has 2 aromatic carbocycles. The van der Waals surface area contributed by atoms with Crippen molar-refractivity contribution >= 4 is 23.3 Å². The molecular formula is C28H31N3O4S. The van der Waals surface area contributed by atoms with Crippen molar-refractivity contribution < 1.29 is 14.3 Å². The molecule has 1 atom stereocenters. The summed E-state index contributed by atoms with van der Waals surface area (Å²) in [7, 11) is 3.22. The lowest BCUT2D eigenvalue weighted by Crippen LogP contribution is -2.43. The van der Waals surface area contributed by atoms with Crippen LogP contribution in [-0.4, -0.2) is 42.7 Å². The molecule has 2 heterocycles. The molecule has 7 nitrogen and oxygen atoms in total. The van der Waals surface area contributed by atoms with Gasteiger partial charge in [-0.25, -0.2) is 4.99 Å². The quantitative estimate of drug-likeness (QED) is 0.493. The molecule has 3 aromatic rings. The van der Waals surface area contributed by atoms with Crippen LogP contribution in [0.2, 0.25) is 0 Å². The molecule has 1 aliphatic rings. The molecule has 0 aliphatic carbocycles. The molecule has 1 aromatic heterocycles. The largest absolute Gasteiger partial charge is 0.497 e. The topological polar surface area (TPSA) is 73.1 Å². The summed E-state index contributed by atoms with van der Waals surface area (Å²) in [5, 5.41) is 0. The first-order valence-corrected chi connectivity index (χ1v) is 12.8. The number of hydrogen-bond acceptors (Lipinski definition) is 6. The molecule has 188 valence electrons. The number of hydrogen-bond donors (Lipinski definition) is 0. The number of ether oxygens (including phenoxy) is 2. The van der Waals surface area contributed by atoms with E-state index in [2.05, 4.69) is 0 Å². The highest BCUT2D eigenvalue weighted by molar-refractivity contribution is 7.07. The first-order valence-electron chi connectivity index (χ1n) is 11.9. The van der Waals surface area contributed by atoms with Crippen LogP contribution in [0.1, 0.15) is 43.5 Å². The fourth-order valence-corrected chi connectivity index (χ4v) is 5.58. The molecule has 0 fully saturated rings. The molecule has 0 N–H and O–H groups in total. The number of carbonyl (C=O) groups excluding carboxylic acids is 1. The first-order chi connectivity index (χ1) is 17.3. The Morgan fingerprint density at radius 1 is 1.11 bits per heavy atom. The van der Waals surface area contributed by atoms with E-state index in [4.69, 9.17) is 14.5 Å². The first kappa shape index (κ1) is 25.4. The highest BCUT2D eigenvalue weighted by Crippen LogP contribution is 2.36. The SMILES string of the molecule is CCN(CC)C(=O)C1=C(C)N=c2s/c(=C/c3ccc(OC)cc3C)c(=O)n2[C@H]1c1ccccc1OC. The number of rotatable bonds is 7. The summed E-state index contributed by atoms with van der Waals surface area (Å²) in [6.07, 6.45) is 1.88. The van der Waals surface area contributed by atoms with Crippen molar-refractivity contribution in [2.24, 2.45) is 4.99 Å². The molecule has 0 bridgehead atoms. The predicted molar refractivity (Wildman–Crippen MR) is 142 cm³/mol. The number of amides is 1. The standard InChI is InChI=1S/C28H31N3O4S/c1-7-30(8-2)27(33)24-18(4)29-28-31(25(24)21-11-9-10-12-22(21)35-6)26(32)23(36-28)16-19-13-14-20(34-5)15-17(19)3/h9-16,25H,7-8H2,1-6H3/b23-16+/t25-/m0/s1. The van der Waals surface area contributed by atoms with E-state index in [1.54, 1.807) is 23.7 Å². The third kappa shape index (κ3) is 4.48. The van der Waals surface area contributed by atoms with Gasteiger partial charge in [0.05, 0.1) is 30.0 Å². The van der Waals surface area contributed by atoms with Crippen LogP contribution >= 0.6 is 11.3 Å². The van der Waals surface area contributed by atoms with E-state index in [1.165, 1.54) is 11.3 Å². The number of aromatic nitrogens is 1. The lowest BCUT2D eigenvalue weighted by atomic mass is 9.94. The Kier molecular flexibility index (Phi) is 7.45. The Morgan fingerprint density at radius 3 is 2.47 bits per heavy atom. The maximum atomic E-state index is 13.9. The summed E-state index contributed by atoms with van der Waals surface area (Å²) in [5.74, 6) is 1.25. The number of nitrogens with zero attached hydrogens (tertiary/aromatic N) is 3. The molecule has 1 amide bonds. The van der Waals surface area contributed by atoms with Crippen molar-refractivity contribution in [2.75, 3.05) is 27.3 Å². The van der Waals surface area contributed by atoms with Crippen LogP contribution in [0.25, 0.3) is 6.08 Å². The molecule has 8 heteroatoms. The summed E-state index contributed by atoms with van der Waals surface area (Å²) in [4.78, 5) is 34.7. The van der Waals surface area contributed by atoms with Gasteiger partial charge in [0.2, 0.25) is 0 Å². The van der Waals surface area contributed by atoms with Gasteiger partial charge in [-0.05, 0) is 63.1 Å². The van der Waals surface area contributed by atoms with Crippen LogP contribution in [0.4, 0.5) is 0 Å². The Bertz CT molecular complexity index is 1510. The minimum Gasteiger partial charge on any atom is -0.497 e. The van der Waals surface area contributed by atoms with Gasteiger partial charge >= 0.3 is 0 Å². The number of aryl methyl sites for hydroxylation is 1. The summed E-state index contributed by atoms with van der Waals surface area (Å²) >= 11 is 1.32. The summed E-state index contributed by atoms with van der Waals surface area (Å²) < 4.78 is 13.2. The zero-order valence-corrected chi connectivity index (χ0v) is 22.3. The van der Waals surface area contributed by atoms with Crippen LogP contribution in [0, 0.1) is 6.92 Å². The molecule has 0 saturated carbocycles. The number of benzene rings is 2. The minimum absolute atomic E-state index is 0.127. The number of para-hydroxylation sites is 1. The summed E-state index contributed by atoms with van der Waals surface area (Å²) in [6, 6.07) is 12.6. The molecule has 1 aliphatic heterocycles. The van der Waals surface area contributed by atoms with Gasteiger partial charge in [0.15, 0.2) is 4.80 Å². The van der Waals surface area contributed by atoms with Gasteiger partial charge in [0, 0.05) is 18.7 Å². The molecule has 0 spiro atoms. The van der Waals surface area contributed by atoms with Crippen LogP contribution in [0.5, 0.6) is 11.5 Å². The van der Waals surface area contributed by atoms with E-state index in [0.29, 0.717) is 39.4 Å². The van der Waals surface area contributed by atoms with Gasteiger partial charge in [-0.1, -0.05) is 35.6 Å². The van der Waals surface area contributed by atoms with Gasteiger partial charge in [-0.2, -0.15) is 0 Å². The van der Waals surface area contributed by atoms with Gasteiger partial charge in [0.1, 0.15) is 17.5 Å². The van der Waals surface area contributed by atoms with Crippen LogP contribution in [0.15, 0.2) is 63.5 Å². The second-order valence-electron chi connectivity index (χ2n) is 8.52. The van der Waals surface area contributed by atoms with E-state index in [9.17, 15) is 9.59 Å². The monoisotopic (exact) mass is 505 g/mol. The number of likely N-dealkylation sites (N-methyl/N-ethyl adjacent to an activating group) is 1. The fraction of sp³-hybridized carbons (Fsp3) is 0.321. The average Bonchev–Trinajstić information content (AvgIpc) is 3.19. The number of thiazole rings is 1. The lowest BCUT2D eigenvalue weighted by molar-refractivity contribution is -0.127. The van der Waals surface area contributed by atoms with Crippen LogP contribution in [-0.2, 0) is 4.79 Å². The summed E-state index contributed by atoms with van der Waals surface area (Å²) in [6.45, 7) is 8.83. The minimum atomic E-state index is -0.649. The molecule has 36 heavy (non-hydrogen) atoms. The van der Waals surface area contributed by atoms with Crippen LogP contribution in [0.3, 0.4) is 0 Å². The lowest BCUT2D eigenvalue weighted by Gasteiger charge is -2.29. The van der Waals surface area contributed by atoms with Gasteiger partial charge < -0.3 is 14.4 Å². The van der Waals surface area contributed by atoms with E-state index in [-0.39, 0.29) is 11.5 Å². The normalized spacial score (nSPS) is 15.4.